The van der Waals surface area contributed by atoms with E-state index in [-0.39, 0.29) is 17.4 Å². The molecule has 1 saturated carbocycles. The number of unbranched alkanes of at least 4 members (excludes halogenated alkanes) is 2. The molecule has 1 fully saturated rings. The summed E-state index contributed by atoms with van der Waals surface area (Å²) in [7, 11) is -3.03. The van der Waals surface area contributed by atoms with Gasteiger partial charge in [-0.1, -0.05) is 25.5 Å². The summed E-state index contributed by atoms with van der Waals surface area (Å²) >= 11 is 0. The Kier molecular flexibility index (Phi) is 7.11. The highest BCUT2D eigenvalue weighted by Gasteiger charge is 2.23. The van der Waals surface area contributed by atoms with Crippen molar-refractivity contribution < 1.29 is 13.2 Å². The van der Waals surface area contributed by atoms with Gasteiger partial charge in [-0.25, -0.2) is 8.42 Å². The van der Waals surface area contributed by atoms with Gasteiger partial charge in [0.05, 0.1) is 18.1 Å². The number of hydrogen-bond donors (Lipinski definition) is 1. The molecule has 1 aliphatic carbocycles. The van der Waals surface area contributed by atoms with Crippen LogP contribution in [-0.2, 0) is 9.84 Å². The van der Waals surface area contributed by atoms with Crippen molar-refractivity contribution in [3.8, 4) is 5.75 Å². The molecular formula is C19H31NO3S. The molecule has 1 aromatic carbocycles. The van der Waals surface area contributed by atoms with Crippen LogP contribution < -0.4 is 10.5 Å². The molecule has 1 aromatic rings. The van der Waals surface area contributed by atoms with E-state index < -0.39 is 9.84 Å². The van der Waals surface area contributed by atoms with Gasteiger partial charge in [0.1, 0.15) is 5.75 Å². The van der Waals surface area contributed by atoms with Crippen molar-refractivity contribution in [3.05, 3.63) is 29.3 Å². The largest absolute Gasteiger partial charge is 0.493 e. The Hall–Kier alpha value is -1.07. The maximum Gasteiger partial charge on any atom is 0.150 e. The molecule has 0 radical (unpaired) electrons. The summed E-state index contributed by atoms with van der Waals surface area (Å²) in [5.74, 6) is 2.04. The second kappa shape index (κ2) is 8.86. The normalized spacial score (nSPS) is 16.1. The lowest BCUT2D eigenvalue weighted by molar-refractivity contribution is 0.297. The van der Waals surface area contributed by atoms with E-state index in [0.29, 0.717) is 18.9 Å². The Morgan fingerprint density at radius 1 is 1.25 bits per heavy atom. The Bertz CT molecular complexity index is 623. The zero-order valence-corrected chi connectivity index (χ0v) is 15.8. The smallest absolute Gasteiger partial charge is 0.150 e. The van der Waals surface area contributed by atoms with Crippen molar-refractivity contribution in [1.82, 2.24) is 0 Å². The quantitative estimate of drug-likeness (QED) is 0.619. The molecule has 0 aromatic heterocycles. The minimum atomic E-state index is -3.03. The van der Waals surface area contributed by atoms with Gasteiger partial charge in [-0.3, -0.25) is 0 Å². The van der Waals surface area contributed by atoms with E-state index in [1.807, 2.05) is 32.0 Å². The number of rotatable bonds is 11. The van der Waals surface area contributed by atoms with Crippen molar-refractivity contribution in [2.24, 2.45) is 11.7 Å². The molecule has 4 nitrogen and oxygen atoms in total. The summed E-state index contributed by atoms with van der Waals surface area (Å²) in [5, 5.41) is 0. The first kappa shape index (κ1) is 19.3. The van der Waals surface area contributed by atoms with E-state index in [9.17, 15) is 8.42 Å². The van der Waals surface area contributed by atoms with Gasteiger partial charge in [-0.2, -0.15) is 0 Å². The third-order valence-electron chi connectivity index (χ3n) is 4.62. The molecule has 0 amide bonds. The van der Waals surface area contributed by atoms with Crippen LogP contribution in [0.2, 0.25) is 0 Å². The molecule has 2 N–H and O–H groups in total. The van der Waals surface area contributed by atoms with E-state index in [4.69, 9.17) is 10.5 Å². The van der Waals surface area contributed by atoms with Gasteiger partial charge in [-0.15, -0.1) is 0 Å². The predicted octanol–water partition coefficient (Wildman–Crippen LogP) is 3.43. The first-order valence-corrected chi connectivity index (χ1v) is 10.9. The average Bonchev–Trinajstić information content (AvgIpc) is 3.34. The molecule has 1 aliphatic rings. The minimum Gasteiger partial charge on any atom is -0.493 e. The maximum atomic E-state index is 12.3. The average molecular weight is 354 g/mol. The lowest BCUT2D eigenvalue weighted by Crippen LogP contribution is -2.16. The first-order valence-electron chi connectivity index (χ1n) is 9.05. The Morgan fingerprint density at radius 3 is 2.67 bits per heavy atom. The van der Waals surface area contributed by atoms with Crippen molar-refractivity contribution in [1.29, 1.82) is 0 Å². The number of benzene rings is 1. The van der Waals surface area contributed by atoms with Crippen molar-refractivity contribution in [2.45, 2.75) is 51.9 Å². The van der Waals surface area contributed by atoms with Crippen LogP contribution in [0.4, 0.5) is 0 Å². The van der Waals surface area contributed by atoms with E-state index >= 15 is 0 Å². The van der Waals surface area contributed by atoms with E-state index in [0.717, 1.165) is 36.3 Å². The third-order valence-corrected chi connectivity index (χ3v) is 6.53. The summed E-state index contributed by atoms with van der Waals surface area (Å²) in [6.45, 7) is 5.42. The molecule has 2 rings (SSSR count). The fourth-order valence-corrected chi connectivity index (χ4v) is 4.54. The van der Waals surface area contributed by atoms with Crippen LogP contribution in [-0.4, -0.2) is 33.1 Å². The van der Waals surface area contributed by atoms with Crippen LogP contribution in [0.15, 0.2) is 18.2 Å². The van der Waals surface area contributed by atoms with Crippen LogP contribution in [0, 0.1) is 12.8 Å². The van der Waals surface area contributed by atoms with Crippen molar-refractivity contribution in [3.63, 3.8) is 0 Å². The second-order valence-corrected chi connectivity index (χ2v) is 9.37. The number of ether oxygens (including phenoxy) is 1. The summed E-state index contributed by atoms with van der Waals surface area (Å²) in [5.41, 5.74) is 7.59. The van der Waals surface area contributed by atoms with Crippen LogP contribution in [0.25, 0.3) is 0 Å². The number of hydrogen-bond acceptors (Lipinski definition) is 4. The summed E-state index contributed by atoms with van der Waals surface area (Å²) in [4.78, 5) is 0. The molecule has 136 valence electrons. The lowest BCUT2D eigenvalue weighted by atomic mass is 10.0. The lowest BCUT2D eigenvalue weighted by Gasteiger charge is -2.16. The first-order chi connectivity index (χ1) is 11.4. The van der Waals surface area contributed by atoms with E-state index in [1.165, 1.54) is 12.8 Å². The number of sulfone groups is 1. The van der Waals surface area contributed by atoms with Gasteiger partial charge in [0.2, 0.25) is 0 Å². The monoisotopic (exact) mass is 353 g/mol. The van der Waals surface area contributed by atoms with Gasteiger partial charge in [0.25, 0.3) is 0 Å². The van der Waals surface area contributed by atoms with Crippen molar-refractivity contribution in [2.75, 3.05) is 24.7 Å². The fraction of sp³-hybridized carbons (Fsp3) is 0.684. The van der Waals surface area contributed by atoms with Gasteiger partial charge < -0.3 is 10.5 Å². The standard InChI is InChI=1S/C19H31NO3S/c1-15-6-9-18(12-19(15)23-13-17-7-8-17)16(2)14-24(21,22)11-5-3-4-10-20/h6,9,12,16-17H,3-5,7-8,10-11,13-14,20H2,1-2H3/t16-/m1/s1. The molecule has 0 saturated heterocycles. The second-order valence-electron chi connectivity index (χ2n) is 7.14. The van der Waals surface area contributed by atoms with E-state index in [2.05, 4.69) is 0 Å². The Morgan fingerprint density at radius 2 is 2.00 bits per heavy atom. The molecule has 0 bridgehead atoms. The fourth-order valence-electron chi connectivity index (χ4n) is 2.77. The number of nitrogens with two attached hydrogens (primary N) is 1. The van der Waals surface area contributed by atoms with Crippen LogP contribution in [0.3, 0.4) is 0 Å². The molecule has 1 atom stereocenters. The SMILES string of the molecule is Cc1ccc([C@H](C)CS(=O)(=O)CCCCCN)cc1OCC1CC1. The molecule has 0 heterocycles. The maximum absolute atomic E-state index is 12.3. The summed E-state index contributed by atoms with van der Waals surface area (Å²) < 4.78 is 30.5. The predicted molar refractivity (Wildman–Crippen MR) is 99.4 cm³/mol. The minimum absolute atomic E-state index is 0.0200. The van der Waals surface area contributed by atoms with Crippen LogP contribution >= 0.6 is 0 Å². The Labute approximate surface area is 146 Å². The zero-order valence-electron chi connectivity index (χ0n) is 15.0. The molecule has 0 unspecified atom stereocenters. The summed E-state index contributed by atoms with van der Waals surface area (Å²) in [6.07, 6.45) is 5.00. The van der Waals surface area contributed by atoms with E-state index in [1.54, 1.807) is 0 Å². The molecule has 5 heteroatoms. The highest BCUT2D eigenvalue weighted by atomic mass is 32.2. The summed E-state index contributed by atoms with van der Waals surface area (Å²) in [6, 6.07) is 6.07. The van der Waals surface area contributed by atoms with Gasteiger partial charge in [0, 0.05) is 0 Å². The Balaban J connectivity index is 1.92. The van der Waals surface area contributed by atoms with Gasteiger partial charge in [-0.05, 0) is 68.2 Å². The van der Waals surface area contributed by atoms with Crippen molar-refractivity contribution >= 4 is 9.84 Å². The van der Waals surface area contributed by atoms with Crippen LogP contribution in [0.1, 0.15) is 56.1 Å². The molecule has 0 aliphatic heterocycles. The third kappa shape index (κ3) is 6.44. The van der Waals surface area contributed by atoms with Gasteiger partial charge in [0.15, 0.2) is 9.84 Å². The highest BCUT2D eigenvalue weighted by Crippen LogP contribution is 2.31. The number of aryl methyl sites for hydroxylation is 1. The molecular weight excluding hydrogens is 322 g/mol. The molecule has 24 heavy (non-hydrogen) atoms. The topological polar surface area (TPSA) is 69.4 Å². The van der Waals surface area contributed by atoms with Gasteiger partial charge >= 0.3 is 0 Å². The molecule has 0 spiro atoms. The highest BCUT2D eigenvalue weighted by molar-refractivity contribution is 7.91. The van der Waals surface area contributed by atoms with Crippen LogP contribution in [0.5, 0.6) is 5.75 Å². The zero-order chi connectivity index (χ0) is 17.6.